The average Bonchev–Trinajstić information content (AvgIpc) is 3.05. The highest BCUT2D eigenvalue weighted by molar-refractivity contribution is 6.01. The number of nitrogens with one attached hydrogen (secondary N) is 1. The second kappa shape index (κ2) is 9.58. The third-order valence-corrected chi connectivity index (χ3v) is 5.65. The molecular weight excluding hydrogens is 334 g/mol. The molecule has 0 saturated carbocycles. The fourth-order valence-electron chi connectivity index (χ4n) is 3.80. The molecule has 1 aromatic heterocycles. The predicted octanol–water partition coefficient (Wildman–Crippen LogP) is 4.59. The summed E-state index contributed by atoms with van der Waals surface area (Å²) >= 11 is 0. The van der Waals surface area contributed by atoms with E-state index in [1.54, 1.807) is 0 Å². The highest BCUT2D eigenvalue weighted by Gasteiger charge is 2.30. The Morgan fingerprint density at radius 2 is 2.15 bits per heavy atom. The van der Waals surface area contributed by atoms with E-state index in [4.69, 9.17) is 4.98 Å². The van der Waals surface area contributed by atoms with Gasteiger partial charge in [0.05, 0.1) is 11.9 Å². The van der Waals surface area contributed by atoms with Crippen LogP contribution in [0.5, 0.6) is 0 Å². The first-order valence-corrected chi connectivity index (χ1v) is 9.93. The normalized spacial score (nSPS) is 21.6. The molecule has 2 unspecified atom stereocenters. The van der Waals surface area contributed by atoms with Gasteiger partial charge in [0.15, 0.2) is 0 Å². The Kier molecular flexibility index (Phi) is 7.45. The van der Waals surface area contributed by atoms with Crippen molar-refractivity contribution in [3.63, 3.8) is 0 Å². The monoisotopic (exact) mass is 369 g/mol. The zero-order chi connectivity index (χ0) is 20.0. The number of rotatable bonds is 7. The molecule has 1 fully saturated rings. The van der Waals surface area contributed by atoms with Crippen LogP contribution in [-0.4, -0.2) is 37.4 Å². The number of aromatic nitrogens is 1. The van der Waals surface area contributed by atoms with Crippen LogP contribution >= 0.6 is 0 Å². The molecule has 0 amide bonds. The molecule has 0 aromatic carbocycles. The van der Waals surface area contributed by atoms with E-state index >= 15 is 0 Å². The molecule has 148 valence electrons. The maximum atomic E-state index is 4.73. The molecule has 0 radical (unpaired) electrons. The lowest BCUT2D eigenvalue weighted by Crippen LogP contribution is -2.34. The largest absolute Gasteiger partial charge is 0.354 e. The van der Waals surface area contributed by atoms with Crippen molar-refractivity contribution in [2.24, 2.45) is 10.9 Å². The van der Waals surface area contributed by atoms with Crippen LogP contribution in [0.15, 0.2) is 46.7 Å². The Balaban J connectivity index is 2.12. The van der Waals surface area contributed by atoms with E-state index in [0.717, 1.165) is 40.9 Å². The topological polar surface area (TPSA) is 43.8 Å². The van der Waals surface area contributed by atoms with Gasteiger partial charge >= 0.3 is 0 Å². The number of pyridine rings is 1. The van der Waals surface area contributed by atoms with E-state index in [1.165, 1.54) is 12.8 Å². The van der Waals surface area contributed by atoms with Gasteiger partial charge in [0.1, 0.15) is 5.82 Å². The average molecular weight is 370 g/mol. The molecule has 1 N–H and O–H groups in total. The molecule has 5 heteroatoms. The van der Waals surface area contributed by atoms with Crippen LogP contribution in [0.4, 0.5) is 11.5 Å². The summed E-state index contributed by atoms with van der Waals surface area (Å²) in [4.78, 5) is 11.5. The Labute approximate surface area is 164 Å². The van der Waals surface area contributed by atoms with Gasteiger partial charge in [-0.25, -0.2) is 4.98 Å². The van der Waals surface area contributed by atoms with Gasteiger partial charge < -0.3 is 10.3 Å². The molecule has 5 nitrogen and oxygen atoms in total. The molecule has 1 saturated heterocycles. The summed E-state index contributed by atoms with van der Waals surface area (Å²) in [7, 11) is 3.83. The fraction of sp³-hybridized carbons (Fsp3) is 0.545. The number of hydrazine groups is 1. The van der Waals surface area contributed by atoms with Gasteiger partial charge in [-0.2, -0.15) is 0 Å². The van der Waals surface area contributed by atoms with E-state index in [-0.39, 0.29) is 0 Å². The van der Waals surface area contributed by atoms with E-state index in [9.17, 15) is 0 Å². The molecule has 2 heterocycles. The van der Waals surface area contributed by atoms with Crippen molar-refractivity contribution in [1.29, 1.82) is 0 Å². The van der Waals surface area contributed by atoms with Gasteiger partial charge in [-0.1, -0.05) is 25.5 Å². The number of hydrogen-bond acceptors (Lipinski definition) is 5. The van der Waals surface area contributed by atoms with Crippen molar-refractivity contribution in [2.45, 2.75) is 53.5 Å². The Hall–Kier alpha value is -2.30. The van der Waals surface area contributed by atoms with Gasteiger partial charge in [0, 0.05) is 43.7 Å². The summed E-state index contributed by atoms with van der Waals surface area (Å²) in [5.41, 5.74) is 7.64. The van der Waals surface area contributed by atoms with Gasteiger partial charge in [-0.05, 0) is 52.2 Å². The summed E-state index contributed by atoms with van der Waals surface area (Å²) in [6, 6.07) is 4.83. The first-order chi connectivity index (χ1) is 12.9. The van der Waals surface area contributed by atoms with E-state index in [2.05, 4.69) is 54.3 Å². The molecule has 1 aliphatic heterocycles. The molecule has 1 aliphatic rings. The summed E-state index contributed by atoms with van der Waals surface area (Å²) in [5.74, 6) is 1.85. The molecular formula is C22H35N5. The standard InChI is InChI=1S/C22H35N5/c1-8-10-21(16(3)23-6)17(4)25-26(7)20-11-12-22(24-15-20)27-14-13-19(9-2)18(27)5/h8,10-12,15,18-19,25H,9,13-14H2,1-7H3/b10-8-,21-17+,23-16?. The van der Waals surface area contributed by atoms with Gasteiger partial charge in [0.2, 0.25) is 0 Å². The SMILES string of the molecule is C/C=C\C(C(C)=NC)=C(\C)NN(C)c1ccc(N2CCC(CC)C2C)nc1. The first-order valence-electron chi connectivity index (χ1n) is 9.93. The number of nitrogens with zero attached hydrogens (tertiary/aromatic N) is 4. The second-order valence-corrected chi connectivity index (χ2v) is 7.28. The van der Waals surface area contributed by atoms with Crippen LogP contribution < -0.4 is 15.3 Å². The van der Waals surface area contributed by atoms with Gasteiger partial charge in [-0.3, -0.25) is 10.0 Å². The molecule has 1 aromatic rings. The number of hydrogen-bond donors (Lipinski definition) is 1. The maximum Gasteiger partial charge on any atom is 0.128 e. The minimum Gasteiger partial charge on any atom is -0.354 e. The minimum atomic E-state index is 0.564. The lowest BCUT2D eigenvalue weighted by Gasteiger charge is -2.27. The molecule has 2 atom stereocenters. The van der Waals surface area contributed by atoms with Crippen LogP contribution in [-0.2, 0) is 0 Å². The van der Waals surface area contributed by atoms with Crippen molar-refractivity contribution in [3.05, 3.63) is 41.8 Å². The quantitative estimate of drug-likeness (QED) is 0.434. The second-order valence-electron chi connectivity index (χ2n) is 7.28. The van der Waals surface area contributed by atoms with Crippen molar-refractivity contribution in [3.8, 4) is 0 Å². The zero-order valence-electron chi connectivity index (χ0n) is 18.0. The third-order valence-electron chi connectivity index (χ3n) is 5.65. The van der Waals surface area contributed by atoms with E-state index in [0.29, 0.717) is 6.04 Å². The Morgan fingerprint density at radius 1 is 1.41 bits per heavy atom. The zero-order valence-corrected chi connectivity index (χ0v) is 18.0. The van der Waals surface area contributed by atoms with Crippen molar-refractivity contribution >= 4 is 17.2 Å². The lowest BCUT2D eigenvalue weighted by molar-refractivity contribution is 0.481. The number of aliphatic imine (C=N–C) groups is 1. The highest BCUT2D eigenvalue weighted by atomic mass is 15.5. The fourth-order valence-corrected chi connectivity index (χ4v) is 3.80. The molecule has 0 aliphatic carbocycles. The van der Waals surface area contributed by atoms with Crippen LogP contribution in [0.1, 0.15) is 47.5 Å². The summed E-state index contributed by atoms with van der Waals surface area (Å²) in [6.45, 7) is 11.8. The third kappa shape index (κ3) is 4.90. The number of allylic oxidation sites excluding steroid dienone is 4. The van der Waals surface area contributed by atoms with Gasteiger partial charge in [0.25, 0.3) is 0 Å². The van der Waals surface area contributed by atoms with Gasteiger partial charge in [-0.15, -0.1) is 0 Å². The van der Waals surface area contributed by atoms with Crippen molar-refractivity contribution in [1.82, 2.24) is 10.4 Å². The van der Waals surface area contributed by atoms with Crippen molar-refractivity contribution < 1.29 is 0 Å². The number of anilines is 2. The van der Waals surface area contributed by atoms with Crippen LogP contribution in [0.25, 0.3) is 0 Å². The van der Waals surface area contributed by atoms with Crippen LogP contribution in [0, 0.1) is 5.92 Å². The Morgan fingerprint density at radius 3 is 2.67 bits per heavy atom. The molecule has 0 bridgehead atoms. The first kappa shape index (κ1) is 21.0. The molecule has 0 spiro atoms. The smallest absolute Gasteiger partial charge is 0.128 e. The van der Waals surface area contributed by atoms with Crippen molar-refractivity contribution in [2.75, 3.05) is 30.5 Å². The summed E-state index contributed by atoms with van der Waals surface area (Å²) in [5, 5.41) is 2.00. The predicted molar refractivity (Wildman–Crippen MR) is 118 cm³/mol. The summed E-state index contributed by atoms with van der Waals surface area (Å²) < 4.78 is 0. The lowest BCUT2D eigenvalue weighted by atomic mass is 9.99. The minimum absolute atomic E-state index is 0.564. The van der Waals surface area contributed by atoms with E-state index in [1.807, 2.05) is 45.2 Å². The molecule has 2 rings (SSSR count). The maximum absolute atomic E-state index is 4.73. The Bertz CT molecular complexity index is 702. The van der Waals surface area contributed by atoms with Crippen LogP contribution in [0.3, 0.4) is 0 Å². The summed E-state index contributed by atoms with van der Waals surface area (Å²) in [6.07, 6.45) is 8.56. The van der Waals surface area contributed by atoms with E-state index < -0.39 is 0 Å². The molecule has 27 heavy (non-hydrogen) atoms. The highest BCUT2D eigenvalue weighted by Crippen LogP contribution is 2.30. The van der Waals surface area contributed by atoms with Crippen LogP contribution in [0.2, 0.25) is 0 Å².